The van der Waals surface area contributed by atoms with Crippen LogP contribution in [0.5, 0.6) is 0 Å². The standard InChI is InChI=1S/C39H64N6O2/c1-4-6-8-10-12-14-16-18-20-22-24-26-37(46)40-34-29-33(39-43-42-36-28-32(3)44-45(36)39)30-35(31-34)41-38(47)27-25-23-21-19-17-15-13-11-9-7-5-2/h28-31,44H,4-27H2,1-3H3,(H,40,46)(H,41,47). The Labute approximate surface area is 284 Å². The van der Waals surface area contributed by atoms with Gasteiger partial charge in [-0.1, -0.05) is 142 Å². The van der Waals surface area contributed by atoms with Gasteiger partial charge in [0.1, 0.15) is 0 Å². The van der Waals surface area contributed by atoms with Crippen LogP contribution in [0.3, 0.4) is 0 Å². The van der Waals surface area contributed by atoms with Gasteiger partial charge in [-0.3, -0.25) is 14.7 Å². The third kappa shape index (κ3) is 15.5. The number of carbonyl (C=O) groups excluding carboxylic acids is 2. The highest BCUT2D eigenvalue weighted by molar-refractivity contribution is 5.95. The Balaban J connectivity index is 1.45. The van der Waals surface area contributed by atoms with E-state index in [-0.39, 0.29) is 11.8 Å². The van der Waals surface area contributed by atoms with Crippen molar-refractivity contribution in [1.29, 1.82) is 0 Å². The lowest BCUT2D eigenvalue weighted by molar-refractivity contribution is -0.117. The number of nitrogens with zero attached hydrogens (tertiary/aromatic N) is 3. The highest BCUT2D eigenvalue weighted by Gasteiger charge is 2.14. The van der Waals surface area contributed by atoms with Gasteiger partial charge in [-0.15, -0.1) is 10.2 Å². The number of nitrogens with one attached hydrogen (secondary N) is 3. The Bertz CT molecular complexity index is 1240. The third-order valence-electron chi connectivity index (χ3n) is 9.10. The maximum absolute atomic E-state index is 12.9. The second kappa shape index (κ2) is 23.2. The van der Waals surface area contributed by atoms with Crippen LogP contribution in [0.25, 0.3) is 17.0 Å². The first kappa shape index (κ1) is 38.3. The molecule has 3 N–H and O–H groups in total. The van der Waals surface area contributed by atoms with Gasteiger partial charge in [0.15, 0.2) is 11.5 Å². The van der Waals surface area contributed by atoms with Gasteiger partial charge in [0.2, 0.25) is 11.8 Å². The smallest absolute Gasteiger partial charge is 0.224 e. The lowest BCUT2D eigenvalue weighted by Gasteiger charge is -2.12. The molecular formula is C39H64N6O2. The number of aromatic nitrogens is 4. The van der Waals surface area contributed by atoms with E-state index in [1.54, 1.807) is 0 Å². The van der Waals surface area contributed by atoms with E-state index in [0.717, 1.165) is 42.6 Å². The van der Waals surface area contributed by atoms with Crippen molar-refractivity contribution in [1.82, 2.24) is 19.8 Å². The van der Waals surface area contributed by atoms with E-state index in [2.05, 4.69) is 39.8 Å². The van der Waals surface area contributed by atoms with E-state index in [4.69, 9.17) is 0 Å². The molecule has 0 bridgehead atoms. The zero-order valence-corrected chi connectivity index (χ0v) is 29.9. The summed E-state index contributed by atoms with van der Waals surface area (Å²) in [6, 6.07) is 7.60. The van der Waals surface area contributed by atoms with Gasteiger partial charge >= 0.3 is 0 Å². The fourth-order valence-electron chi connectivity index (χ4n) is 6.34. The van der Waals surface area contributed by atoms with Crippen molar-refractivity contribution in [2.24, 2.45) is 0 Å². The molecule has 0 aliphatic heterocycles. The quantitative estimate of drug-likeness (QED) is 0.0715. The number of anilines is 2. The van der Waals surface area contributed by atoms with Gasteiger partial charge in [-0.05, 0) is 38.0 Å². The number of aryl methyl sites for hydroxylation is 1. The summed E-state index contributed by atoms with van der Waals surface area (Å²) in [4.78, 5) is 25.8. The number of aromatic amines is 1. The number of hydrogen-bond donors (Lipinski definition) is 3. The SMILES string of the molecule is CCCCCCCCCCCCCC(=O)Nc1cc(NC(=O)CCCCCCCCCCCCC)cc(-c2nnc3cc(C)[nH]n23)c1. The first-order valence-electron chi connectivity index (χ1n) is 19.2. The van der Waals surface area contributed by atoms with Gasteiger partial charge in [0.05, 0.1) is 0 Å². The highest BCUT2D eigenvalue weighted by atomic mass is 16.2. The van der Waals surface area contributed by atoms with Crippen LogP contribution >= 0.6 is 0 Å². The monoisotopic (exact) mass is 649 g/mol. The second-order valence-corrected chi connectivity index (χ2v) is 13.6. The zero-order valence-electron chi connectivity index (χ0n) is 29.9. The molecule has 0 radical (unpaired) electrons. The molecule has 0 saturated carbocycles. The van der Waals surface area contributed by atoms with E-state index in [9.17, 15) is 9.59 Å². The van der Waals surface area contributed by atoms with Crippen LogP contribution in [0.2, 0.25) is 0 Å². The average molecular weight is 649 g/mol. The maximum atomic E-state index is 12.9. The first-order valence-corrected chi connectivity index (χ1v) is 19.2. The summed E-state index contributed by atoms with van der Waals surface area (Å²) in [5.41, 5.74) is 3.79. The minimum atomic E-state index is -0.00146. The molecule has 0 aliphatic rings. The van der Waals surface area contributed by atoms with Crippen molar-refractivity contribution in [2.75, 3.05) is 10.6 Å². The van der Waals surface area contributed by atoms with Crippen molar-refractivity contribution in [3.63, 3.8) is 0 Å². The van der Waals surface area contributed by atoms with Crippen LogP contribution in [-0.2, 0) is 9.59 Å². The van der Waals surface area contributed by atoms with Gasteiger partial charge in [-0.2, -0.15) is 0 Å². The minimum absolute atomic E-state index is 0.00146. The summed E-state index contributed by atoms with van der Waals surface area (Å²) in [6.07, 6.45) is 28.6. The van der Waals surface area contributed by atoms with Crippen molar-refractivity contribution in [3.05, 3.63) is 30.0 Å². The van der Waals surface area contributed by atoms with E-state index in [1.807, 2.05) is 35.7 Å². The van der Waals surface area contributed by atoms with E-state index in [0.29, 0.717) is 30.0 Å². The topological polar surface area (TPSA) is 104 Å². The van der Waals surface area contributed by atoms with Crippen LogP contribution in [0.4, 0.5) is 11.4 Å². The predicted molar refractivity (Wildman–Crippen MR) is 197 cm³/mol. The van der Waals surface area contributed by atoms with Crippen LogP contribution in [0.1, 0.15) is 174 Å². The minimum Gasteiger partial charge on any atom is -0.326 e. The molecule has 3 aromatic rings. The molecule has 0 saturated heterocycles. The van der Waals surface area contributed by atoms with E-state index in [1.165, 1.54) is 116 Å². The maximum Gasteiger partial charge on any atom is 0.224 e. The summed E-state index contributed by atoms with van der Waals surface area (Å²) in [5, 5.41) is 18.1. The predicted octanol–water partition coefficient (Wildman–Crippen LogP) is 11.3. The molecule has 0 spiro atoms. The number of H-pyrrole nitrogens is 1. The van der Waals surface area contributed by atoms with Crippen LogP contribution in [0, 0.1) is 6.92 Å². The zero-order chi connectivity index (χ0) is 33.5. The summed E-state index contributed by atoms with van der Waals surface area (Å²) >= 11 is 0. The molecule has 0 atom stereocenters. The fraction of sp³-hybridized carbons (Fsp3) is 0.692. The van der Waals surface area contributed by atoms with Crippen LogP contribution in [0.15, 0.2) is 24.3 Å². The molecule has 2 heterocycles. The highest BCUT2D eigenvalue weighted by Crippen LogP contribution is 2.28. The molecule has 8 heteroatoms. The van der Waals surface area contributed by atoms with Crippen molar-refractivity contribution in [3.8, 4) is 11.4 Å². The first-order chi connectivity index (χ1) is 23.0. The molecular weight excluding hydrogens is 584 g/mol. The van der Waals surface area contributed by atoms with E-state index >= 15 is 0 Å². The lowest BCUT2D eigenvalue weighted by atomic mass is 10.1. The van der Waals surface area contributed by atoms with Gasteiger partial charge in [0, 0.05) is 41.5 Å². The number of amides is 2. The molecule has 0 fully saturated rings. The Hall–Kier alpha value is -3.16. The Morgan fingerprint density at radius 2 is 0.979 bits per heavy atom. The molecule has 0 unspecified atom stereocenters. The number of rotatable bonds is 27. The van der Waals surface area contributed by atoms with Gasteiger partial charge in [-0.25, -0.2) is 4.52 Å². The van der Waals surface area contributed by atoms with Gasteiger partial charge < -0.3 is 10.6 Å². The van der Waals surface area contributed by atoms with Crippen LogP contribution < -0.4 is 10.6 Å². The largest absolute Gasteiger partial charge is 0.326 e. The lowest BCUT2D eigenvalue weighted by Crippen LogP contribution is -2.14. The van der Waals surface area contributed by atoms with Crippen molar-refractivity contribution in [2.45, 2.75) is 175 Å². The Morgan fingerprint density at radius 3 is 1.40 bits per heavy atom. The number of fused-ring (bicyclic) bond motifs is 1. The Morgan fingerprint density at radius 1 is 0.574 bits per heavy atom. The van der Waals surface area contributed by atoms with Crippen molar-refractivity contribution < 1.29 is 9.59 Å². The number of benzene rings is 1. The number of unbranched alkanes of at least 4 members (excludes halogenated alkanes) is 20. The normalized spacial score (nSPS) is 11.4. The molecule has 262 valence electrons. The van der Waals surface area contributed by atoms with Crippen molar-refractivity contribution >= 4 is 28.8 Å². The van der Waals surface area contributed by atoms with E-state index < -0.39 is 0 Å². The summed E-state index contributed by atoms with van der Waals surface area (Å²) < 4.78 is 1.83. The average Bonchev–Trinajstić information content (AvgIpc) is 3.61. The number of carbonyl (C=O) groups is 2. The van der Waals surface area contributed by atoms with Gasteiger partial charge in [0.25, 0.3) is 0 Å². The Kier molecular flexibility index (Phi) is 18.9. The second-order valence-electron chi connectivity index (χ2n) is 13.6. The fourth-order valence-corrected chi connectivity index (χ4v) is 6.34. The van der Waals surface area contributed by atoms with Crippen LogP contribution in [-0.4, -0.2) is 31.6 Å². The third-order valence-corrected chi connectivity index (χ3v) is 9.10. The molecule has 47 heavy (non-hydrogen) atoms. The summed E-state index contributed by atoms with van der Waals surface area (Å²) in [5.74, 6) is 0.632. The molecule has 3 rings (SSSR count). The molecule has 2 amide bonds. The molecule has 2 aromatic heterocycles. The molecule has 0 aliphatic carbocycles. The summed E-state index contributed by atoms with van der Waals surface area (Å²) in [6.45, 7) is 6.50. The molecule has 8 nitrogen and oxygen atoms in total. The molecule has 1 aromatic carbocycles. The summed E-state index contributed by atoms with van der Waals surface area (Å²) in [7, 11) is 0. The number of hydrogen-bond acceptors (Lipinski definition) is 4.